The van der Waals surface area contributed by atoms with Crippen LogP contribution in [0.25, 0.3) is 0 Å². The number of sulfonamides is 1. The van der Waals surface area contributed by atoms with Crippen molar-refractivity contribution in [3.63, 3.8) is 0 Å². The van der Waals surface area contributed by atoms with Gasteiger partial charge >= 0.3 is 0 Å². The van der Waals surface area contributed by atoms with Gasteiger partial charge in [-0.3, -0.25) is 4.79 Å². The quantitative estimate of drug-likeness (QED) is 0.838. The molecule has 0 unspecified atom stereocenters. The molecule has 0 saturated carbocycles. The summed E-state index contributed by atoms with van der Waals surface area (Å²) in [7, 11) is -2.11. The standard InChI is InChI=1S/C16H20N2O3S2/c1-4-5-12-10-15(22-11(12)2)16(19)18-13-6-8-14(9-7-13)23(20,21)17-3/h6-10,17H,4-5H2,1-3H3,(H,18,19). The molecule has 1 heterocycles. The predicted molar refractivity (Wildman–Crippen MR) is 93.7 cm³/mol. The van der Waals surface area contributed by atoms with E-state index in [0.29, 0.717) is 10.6 Å². The van der Waals surface area contributed by atoms with Crippen molar-refractivity contribution in [3.8, 4) is 0 Å². The highest BCUT2D eigenvalue weighted by atomic mass is 32.2. The maximum atomic E-state index is 12.3. The fourth-order valence-corrected chi connectivity index (χ4v) is 3.87. The summed E-state index contributed by atoms with van der Waals surface area (Å²) in [6, 6.07) is 8.01. The summed E-state index contributed by atoms with van der Waals surface area (Å²) >= 11 is 1.47. The van der Waals surface area contributed by atoms with E-state index in [1.807, 2.05) is 13.0 Å². The lowest BCUT2D eigenvalue weighted by atomic mass is 10.1. The molecule has 1 aromatic heterocycles. The second-order valence-electron chi connectivity index (χ2n) is 5.13. The largest absolute Gasteiger partial charge is 0.321 e. The molecule has 0 atom stereocenters. The van der Waals surface area contributed by atoms with Gasteiger partial charge in [0.1, 0.15) is 0 Å². The van der Waals surface area contributed by atoms with E-state index in [4.69, 9.17) is 0 Å². The number of aryl methyl sites for hydroxylation is 2. The molecule has 0 aliphatic rings. The van der Waals surface area contributed by atoms with E-state index in [9.17, 15) is 13.2 Å². The molecular formula is C16H20N2O3S2. The molecule has 0 fully saturated rings. The molecular weight excluding hydrogens is 332 g/mol. The second-order valence-corrected chi connectivity index (χ2v) is 8.27. The van der Waals surface area contributed by atoms with Crippen LogP contribution < -0.4 is 10.0 Å². The van der Waals surface area contributed by atoms with Crippen LogP contribution in [0.4, 0.5) is 5.69 Å². The summed E-state index contributed by atoms with van der Waals surface area (Å²) in [4.78, 5) is 14.3. The average Bonchev–Trinajstić information content (AvgIpc) is 2.89. The maximum absolute atomic E-state index is 12.3. The van der Waals surface area contributed by atoms with Gasteiger partial charge in [-0.15, -0.1) is 11.3 Å². The number of anilines is 1. The molecule has 1 amide bonds. The molecule has 23 heavy (non-hydrogen) atoms. The molecule has 0 aliphatic carbocycles. The molecule has 2 aromatic rings. The first-order chi connectivity index (χ1) is 10.9. The molecule has 2 N–H and O–H groups in total. The summed E-state index contributed by atoms with van der Waals surface area (Å²) in [5, 5.41) is 2.79. The van der Waals surface area contributed by atoms with E-state index in [1.165, 1.54) is 36.1 Å². The zero-order chi connectivity index (χ0) is 17.0. The third-order valence-corrected chi connectivity index (χ3v) is 5.98. The number of hydrogen-bond donors (Lipinski definition) is 2. The first-order valence-electron chi connectivity index (χ1n) is 7.31. The number of benzene rings is 1. The SMILES string of the molecule is CCCc1cc(C(=O)Nc2ccc(S(=O)(=O)NC)cc2)sc1C. The van der Waals surface area contributed by atoms with E-state index in [-0.39, 0.29) is 10.8 Å². The third kappa shape index (κ3) is 4.19. The average molecular weight is 352 g/mol. The van der Waals surface area contributed by atoms with Crippen molar-refractivity contribution in [1.82, 2.24) is 4.72 Å². The minimum Gasteiger partial charge on any atom is -0.321 e. The van der Waals surface area contributed by atoms with Crippen molar-refractivity contribution in [2.24, 2.45) is 0 Å². The van der Waals surface area contributed by atoms with Crippen LogP contribution in [0, 0.1) is 6.92 Å². The second kappa shape index (κ2) is 7.25. The Balaban J connectivity index is 2.13. The Kier molecular flexibility index (Phi) is 5.56. The Labute approximate surface area is 140 Å². The van der Waals surface area contributed by atoms with Crippen molar-refractivity contribution < 1.29 is 13.2 Å². The lowest BCUT2D eigenvalue weighted by molar-refractivity contribution is 0.103. The van der Waals surface area contributed by atoms with Crippen molar-refractivity contribution in [3.05, 3.63) is 45.6 Å². The lowest BCUT2D eigenvalue weighted by Gasteiger charge is -2.06. The highest BCUT2D eigenvalue weighted by Gasteiger charge is 2.14. The van der Waals surface area contributed by atoms with Gasteiger partial charge in [0.2, 0.25) is 10.0 Å². The van der Waals surface area contributed by atoms with Crippen LogP contribution >= 0.6 is 11.3 Å². The molecule has 2 rings (SSSR count). The number of nitrogens with one attached hydrogen (secondary N) is 2. The van der Waals surface area contributed by atoms with Gasteiger partial charge in [-0.05, 0) is 56.3 Å². The topological polar surface area (TPSA) is 75.3 Å². The first-order valence-corrected chi connectivity index (χ1v) is 9.61. The summed E-state index contributed by atoms with van der Waals surface area (Å²) in [5.74, 6) is -0.176. The molecule has 124 valence electrons. The Morgan fingerprint density at radius 1 is 1.22 bits per heavy atom. The fourth-order valence-electron chi connectivity index (χ4n) is 2.18. The van der Waals surface area contributed by atoms with E-state index in [2.05, 4.69) is 17.0 Å². The van der Waals surface area contributed by atoms with Crippen LogP contribution in [0.1, 0.15) is 33.5 Å². The predicted octanol–water partition coefficient (Wildman–Crippen LogP) is 3.17. The normalized spacial score (nSPS) is 11.4. The van der Waals surface area contributed by atoms with Crippen LogP contribution in [0.15, 0.2) is 35.2 Å². The lowest BCUT2D eigenvalue weighted by Crippen LogP contribution is -2.18. The summed E-state index contributed by atoms with van der Waals surface area (Å²) in [6.45, 7) is 4.13. The molecule has 7 heteroatoms. The number of carbonyl (C=O) groups excluding carboxylic acids is 1. The van der Waals surface area contributed by atoms with E-state index >= 15 is 0 Å². The summed E-state index contributed by atoms with van der Waals surface area (Å²) in [6.07, 6.45) is 2.01. The molecule has 1 aromatic carbocycles. The van der Waals surface area contributed by atoms with Crippen molar-refractivity contribution in [2.45, 2.75) is 31.6 Å². The van der Waals surface area contributed by atoms with Gasteiger partial charge in [-0.2, -0.15) is 0 Å². The molecule has 5 nitrogen and oxygen atoms in total. The Hall–Kier alpha value is -1.70. The van der Waals surface area contributed by atoms with Gasteiger partial charge in [-0.1, -0.05) is 13.3 Å². The monoisotopic (exact) mass is 352 g/mol. The van der Waals surface area contributed by atoms with E-state index in [1.54, 1.807) is 12.1 Å². The fraction of sp³-hybridized carbons (Fsp3) is 0.312. The van der Waals surface area contributed by atoms with Crippen LogP contribution in [0.5, 0.6) is 0 Å². The highest BCUT2D eigenvalue weighted by molar-refractivity contribution is 7.89. The Morgan fingerprint density at radius 2 is 1.87 bits per heavy atom. The highest BCUT2D eigenvalue weighted by Crippen LogP contribution is 2.24. The molecule has 0 saturated heterocycles. The minimum atomic E-state index is -3.46. The van der Waals surface area contributed by atoms with Gasteiger partial charge < -0.3 is 5.32 Å². The number of amides is 1. The molecule has 0 spiro atoms. The third-order valence-electron chi connectivity index (χ3n) is 3.45. The molecule has 0 radical (unpaired) electrons. The van der Waals surface area contributed by atoms with E-state index < -0.39 is 10.0 Å². The first kappa shape index (κ1) is 17.7. The zero-order valence-electron chi connectivity index (χ0n) is 13.3. The summed E-state index contributed by atoms with van der Waals surface area (Å²) < 4.78 is 25.6. The van der Waals surface area contributed by atoms with Crippen LogP contribution in [-0.2, 0) is 16.4 Å². The zero-order valence-corrected chi connectivity index (χ0v) is 15.0. The van der Waals surface area contributed by atoms with Crippen molar-refractivity contribution in [2.75, 3.05) is 12.4 Å². The molecule has 0 aliphatic heterocycles. The van der Waals surface area contributed by atoms with Gasteiger partial charge in [0, 0.05) is 10.6 Å². The van der Waals surface area contributed by atoms with Crippen LogP contribution in [0.2, 0.25) is 0 Å². The van der Waals surface area contributed by atoms with Gasteiger partial charge in [0.05, 0.1) is 9.77 Å². The Bertz CT molecular complexity index is 793. The van der Waals surface area contributed by atoms with Crippen molar-refractivity contribution >= 4 is 33.0 Å². The van der Waals surface area contributed by atoms with Crippen LogP contribution in [-0.4, -0.2) is 21.4 Å². The maximum Gasteiger partial charge on any atom is 0.265 e. The van der Waals surface area contributed by atoms with Gasteiger partial charge in [0.25, 0.3) is 5.91 Å². The number of thiophene rings is 1. The summed E-state index contributed by atoms with van der Waals surface area (Å²) in [5.41, 5.74) is 1.77. The van der Waals surface area contributed by atoms with Gasteiger partial charge in [0.15, 0.2) is 0 Å². The van der Waals surface area contributed by atoms with Gasteiger partial charge in [-0.25, -0.2) is 13.1 Å². The van der Waals surface area contributed by atoms with E-state index in [0.717, 1.165) is 17.7 Å². The van der Waals surface area contributed by atoms with Crippen LogP contribution in [0.3, 0.4) is 0 Å². The minimum absolute atomic E-state index is 0.162. The van der Waals surface area contributed by atoms with Crippen molar-refractivity contribution in [1.29, 1.82) is 0 Å². The number of carbonyl (C=O) groups is 1. The molecule has 0 bridgehead atoms. The Morgan fingerprint density at radius 3 is 2.43 bits per heavy atom. The smallest absolute Gasteiger partial charge is 0.265 e. The number of hydrogen-bond acceptors (Lipinski definition) is 4. The number of rotatable bonds is 6.